The number of ether oxygens (including phenoxy) is 3. The third-order valence-electron chi connectivity index (χ3n) is 3.57. The molecule has 0 fully saturated rings. The third kappa shape index (κ3) is 7.83. The molecule has 2 aromatic carbocycles. The lowest BCUT2D eigenvalue weighted by Gasteiger charge is -2.11. The zero-order valence-electron chi connectivity index (χ0n) is 16.4. The first-order valence-corrected chi connectivity index (χ1v) is 10.1. The quantitative estimate of drug-likeness (QED) is 0.391. The van der Waals surface area contributed by atoms with Crippen LogP contribution in [-0.2, 0) is 4.79 Å². The number of halogens is 2. The van der Waals surface area contributed by atoms with E-state index in [1.807, 2.05) is 32.0 Å². The van der Waals surface area contributed by atoms with E-state index in [1.165, 1.54) is 6.21 Å². The van der Waals surface area contributed by atoms with Crippen molar-refractivity contribution in [1.29, 1.82) is 0 Å². The molecule has 0 unspecified atom stereocenters. The molecule has 2 rings (SSSR count). The Bertz CT molecular complexity index is 843. The fourth-order valence-electron chi connectivity index (χ4n) is 2.21. The Morgan fingerprint density at radius 1 is 1.00 bits per heavy atom. The number of benzene rings is 2. The highest BCUT2D eigenvalue weighted by atomic mass is 35.5. The molecule has 0 saturated carbocycles. The second kappa shape index (κ2) is 12.2. The van der Waals surface area contributed by atoms with Crippen LogP contribution in [0, 0.1) is 0 Å². The minimum absolute atomic E-state index is 0.234. The summed E-state index contributed by atoms with van der Waals surface area (Å²) in [6.07, 6.45) is 3.31. The van der Waals surface area contributed by atoms with Gasteiger partial charge in [0.25, 0.3) is 5.91 Å². The smallest absolute Gasteiger partial charge is 0.277 e. The molecular weight excluding hydrogens is 415 g/mol. The Balaban J connectivity index is 1.94. The molecule has 0 aliphatic heterocycles. The number of amides is 1. The van der Waals surface area contributed by atoms with Crippen LogP contribution < -0.4 is 19.6 Å². The second-order valence-corrected chi connectivity index (χ2v) is 6.90. The van der Waals surface area contributed by atoms with Gasteiger partial charge in [-0.3, -0.25) is 4.79 Å². The standard InChI is InChI=1S/C21H24Cl2N2O4/c1-3-9-27-17-7-5-15(20(12-17)28-10-4-2)13-24-25-21(26)14-29-19-8-6-16(22)11-18(19)23/h5-8,11-13H,3-4,9-10,14H2,1-2H3,(H,25,26). The van der Waals surface area contributed by atoms with E-state index in [2.05, 4.69) is 10.5 Å². The van der Waals surface area contributed by atoms with Crippen molar-refractivity contribution in [2.24, 2.45) is 5.10 Å². The molecule has 0 radical (unpaired) electrons. The Morgan fingerprint density at radius 3 is 2.48 bits per heavy atom. The second-order valence-electron chi connectivity index (χ2n) is 6.05. The molecular formula is C21H24Cl2N2O4. The fraction of sp³-hybridized carbons (Fsp3) is 0.333. The summed E-state index contributed by atoms with van der Waals surface area (Å²) < 4.78 is 16.8. The van der Waals surface area contributed by atoms with Gasteiger partial charge in [-0.05, 0) is 43.2 Å². The van der Waals surface area contributed by atoms with Crippen LogP contribution in [0.25, 0.3) is 0 Å². The first-order valence-electron chi connectivity index (χ1n) is 9.32. The molecule has 6 nitrogen and oxygen atoms in total. The highest BCUT2D eigenvalue weighted by molar-refractivity contribution is 6.35. The average molecular weight is 439 g/mol. The lowest BCUT2D eigenvalue weighted by molar-refractivity contribution is -0.123. The van der Waals surface area contributed by atoms with E-state index in [-0.39, 0.29) is 6.61 Å². The number of hydrogen-bond donors (Lipinski definition) is 1. The predicted molar refractivity (Wildman–Crippen MR) is 116 cm³/mol. The normalized spacial score (nSPS) is 10.8. The topological polar surface area (TPSA) is 69.2 Å². The zero-order valence-corrected chi connectivity index (χ0v) is 17.9. The molecule has 29 heavy (non-hydrogen) atoms. The molecule has 0 aliphatic carbocycles. The third-order valence-corrected chi connectivity index (χ3v) is 4.10. The summed E-state index contributed by atoms with van der Waals surface area (Å²) in [4.78, 5) is 11.9. The number of carbonyl (C=O) groups excluding carboxylic acids is 1. The minimum Gasteiger partial charge on any atom is -0.493 e. The summed E-state index contributed by atoms with van der Waals surface area (Å²) in [5.41, 5.74) is 3.14. The largest absolute Gasteiger partial charge is 0.493 e. The van der Waals surface area contributed by atoms with Crippen molar-refractivity contribution in [2.75, 3.05) is 19.8 Å². The number of rotatable bonds is 11. The summed E-state index contributed by atoms with van der Waals surface area (Å²) in [6.45, 7) is 5.04. The van der Waals surface area contributed by atoms with Crippen LogP contribution in [0.4, 0.5) is 0 Å². The maximum absolute atomic E-state index is 11.9. The van der Waals surface area contributed by atoms with Crippen molar-refractivity contribution >= 4 is 35.3 Å². The summed E-state index contributed by atoms with van der Waals surface area (Å²) in [5, 5.41) is 4.79. The molecule has 156 valence electrons. The summed E-state index contributed by atoms with van der Waals surface area (Å²) in [7, 11) is 0. The van der Waals surface area contributed by atoms with Gasteiger partial charge in [0.1, 0.15) is 17.2 Å². The van der Waals surface area contributed by atoms with Crippen LogP contribution >= 0.6 is 23.2 Å². The summed E-state index contributed by atoms with van der Waals surface area (Å²) in [6, 6.07) is 10.3. The van der Waals surface area contributed by atoms with Gasteiger partial charge in [0.15, 0.2) is 6.61 Å². The molecule has 0 bridgehead atoms. The minimum atomic E-state index is -0.425. The van der Waals surface area contributed by atoms with Gasteiger partial charge in [-0.15, -0.1) is 0 Å². The maximum Gasteiger partial charge on any atom is 0.277 e. The van der Waals surface area contributed by atoms with E-state index in [0.717, 1.165) is 24.2 Å². The highest BCUT2D eigenvalue weighted by Crippen LogP contribution is 2.27. The van der Waals surface area contributed by atoms with Crippen molar-refractivity contribution < 1.29 is 19.0 Å². The van der Waals surface area contributed by atoms with Crippen LogP contribution in [-0.4, -0.2) is 31.9 Å². The first kappa shape index (κ1) is 22.8. The molecule has 2 aromatic rings. The highest BCUT2D eigenvalue weighted by Gasteiger charge is 2.07. The number of nitrogens with one attached hydrogen (secondary N) is 1. The van der Waals surface area contributed by atoms with Crippen LogP contribution in [0.5, 0.6) is 17.2 Å². The zero-order chi connectivity index (χ0) is 21.1. The van der Waals surface area contributed by atoms with Gasteiger partial charge < -0.3 is 14.2 Å². The lowest BCUT2D eigenvalue weighted by atomic mass is 10.2. The monoisotopic (exact) mass is 438 g/mol. The SMILES string of the molecule is CCCOc1ccc(C=NNC(=O)COc2ccc(Cl)cc2Cl)c(OCCC)c1. The van der Waals surface area contributed by atoms with Gasteiger partial charge in [-0.2, -0.15) is 5.10 Å². The van der Waals surface area contributed by atoms with Gasteiger partial charge in [0.05, 0.1) is 24.5 Å². The van der Waals surface area contributed by atoms with Gasteiger partial charge in [0.2, 0.25) is 0 Å². The van der Waals surface area contributed by atoms with Crippen LogP contribution in [0.3, 0.4) is 0 Å². The first-order chi connectivity index (χ1) is 14.0. The van der Waals surface area contributed by atoms with Gasteiger partial charge in [-0.25, -0.2) is 5.43 Å². The molecule has 1 N–H and O–H groups in total. The van der Waals surface area contributed by atoms with E-state index in [9.17, 15) is 4.79 Å². The number of carbonyl (C=O) groups is 1. The Hall–Kier alpha value is -2.44. The molecule has 0 aromatic heterocycles. The molecule has 8 heteroatoms. The van der Waals surface area contributed by atoms with E-state index >= 15 is 0 Å². The van der Waals surface area contributed by atoms with Crippen molar-refractivity contribution in [2.45, 2.75) is 26.7 Å². The van der Waals surface area contributed by atoms with E-state index in [0.29, 0.717) is 34.8 Å². The van der Waals surface area contributed by atoms with E-state index in [4.69, 9.17) is 37.4 Å². The molecule has 1 amide bonds. The molecule has 0 heterocycles. The van der Waals surface area contributed by atoms with Gasteiger partial charge in [0, 0.05) is 16.7 Å². The Kier molecular flexibility index (Phi) is 9.60. The summed E-state index contributed by atoms with van der Waals surface area (Å²) in [5.74, 6) is 1.31. The van der Waals surface area contributed by atoms with Crippen LogP contribution in [0.15, 0.2) is 41.5 Å². The fourth-order valence-corrected chi connectivity index (χ4v) is 2.67. The molecule has 0 aliphatic rings. The molecule has 0 atom stereocenters. The molecule has 0 spiro atoms. The molecule has 0 saturated heterocycles. The van der Waals surface area contributed by atoms with Crippen molar-refractivity contribution in [3.05, 3.63) is 52.0 Å². The van der Waals surface area contributed by atoms with Gasteiger partial charge in [-0.1, -0.05) is 37.0 Å². The number of nitrogens with zero attached hydrogens (tertiary/aromatic N) is 1. The Labute approximate surface area is 180 Å². The van der Waals surface area contributed by atoms with Crippen LogP contribution in [0.2, 0.25) is 10.0 Å². The summed E-state index contributed by atoms with van der Waals surface area (Å²) >= 11 is 11.8. The van der Waals surface area contributed by atoms with Gasteiger partial charge >= 0.3 is 0 Å². The van der Waals surface area contributed by atoms with Crippen molar-refractivity contribution in [3.8, 4) is 17.2 Å². The number of hydrazone groups is 1. The van der Waals surface area contributed by atoms with E-state index < -0.39 is 5.91 Å². The van der Waals surface area contributed by atoms with Crippen molar-refractivity contribution in [3.63, 3.8) is 0 Å². The predicted octanol–water partition coefficient (Wildman–Crippen LogP) is 5.10. The van der Waals surface area contributed by atoms with E-state index in [1.54, 1.807) is 18.2 Å². The van der Waals surface area contributed by atoms with Crippen molar-refractivity contribution in [1.82, 2.24) is 5.43 Å². The average Bonchev–Trinajstić information content (AvgIpc) is 2.71. The maximum atomic E-state index is 11.9. The number of hydrogen-bond acceptors (Lipinski definition) is 5. The lowest BCUT2D eigenvalue weighted by Crippen LogP contribution is -2.24. The van der Waals surface area contributed by atoms with Crippen LogP contribution in [0.1, 0.15) is 32.3 Å². The Morgan fingerprint density at radius 2 is 1.76 bits per heavy atom.